The maximum atomic E-state index is 13.4. The molecule has 0 bridgehead atoms. The van der Waals surface area contributed by atoms with Gasteiger partial charge in [-0.05, 0) is 32.6 Å². The van der Waals surface area contributed by atoms with Crippen LogP contribution in [0, 0.1) is 5.41 Å². The lowest BCUT2D eigenvalue weighted by Gasteiger charge is -2.35. The van der Waals surface area contributed by atoms with Crippen LogP contribution in [0.5, 0.6) is 5.75 Å². The van der Waals surface area contributed by atoms with E-state index in [4.69, 9.17) is 11.6 Å². The summed E-state index contributed by atoms with van der Waals surface area (Å²) in [5.41, 5.74) is -2.89. The summed E-state index contributed by atoms with van der Waals surface area (Å²) in [6.45, 7) is 1.08. The van der Waals surface area contributed by atoms with Crippen molar-refractivity contribution in [3.8, 4) is 17.0 Å². The molecule has 40 heavy (non-hydrogen) atoms. The van der Waals surface area contributed by atoms with Gasteiger partial charge in [0.05, 0.1) is 27.1 Å². The Morgan fingerprint density at radius 1 is 1.30 bits per heavy atom. The number of aliphatic hydroxyl groups is 1. The van der Waals surface area contributed by atoms with Gasteiger partial charge in [-0.2, -0.15) is 13.9 Å². The zero-order valence-corrected chi connectivity index (χ0v) is 24.1. The highest BCUT2D eigenvalue weighted by Crippen LogP contribution is 2.39. The van der Waals surface area contributed by atoms with E-state index in [1.807, 2.05) is 0 Å². The maximum absolute atomic E-state index is 13.4. The molecule has 0 aromatic carbocycles. The molecule has 0 radical (unpaired) electrons. The number of nitrogens with zero attached hydrogens (tertiary/aromatic N) is 3. The number of halogens is 5. The number of carbonyl (C=O) groups is 1. The molecule has 1 aliphatic carbocycles. The number of rotatable bonds is 11. The quantitative estimate of drug-likeness (QED) is 0.358. The van der Waals surface area contributed by atoms with E-state index in [0.29, 0.717) is 0 Å². The second-order valence-electron chi connectivity index (χ2n) is 10.8. The largest absolute Gasteiger partial charge is 0.434 e. The van der Waals surface area contributed by atoms with Gasteiger partial charge in [0, 0.05) is 49.1 Å². The molecule has 3 rings (SSSR count). The molecule has 2 N–H and O–H groups in total. The highest BCUT2D eigenvalue weighted by atomic mass is 35.5. The first kappa shape index (κ1) is 32.1. The predicted molar refractivity (Wildman–Crippen MR) is 141 cm³/mol. The number of amides is 1. The highest BCUT2D eigenvalue weighted by Gasteiger charge is 2.37. The molecular weight excluding hydrogens is 580 g/mol. The maximum Gasteiger partial charge on any atom is 0.387 e. The van der Waals surface area contributed by atoms with Crippen molar-refractivity contribution in [2.75, 3.05) is 12.8 Å². The van der Waals surface area contributed by atoms with Crippen LogP contribution in [0.1, 0.15) is 62.6 Å². The predicted octanol–water partition coefficient (Wildman–Crippen LogP) is 4.50. The lowest BCUT2D eigenvalue weighted by molar-refractivity contribution is -0.0496. The molecule has 1 fully saturated rings. The third kappa shape index (κ3) is 7.43. The summed E-state index contributed by atoms with van der Waals surface area (Å²) >= 11 is 6.52. The number of aryl methyl sites for hydroxylation is 1. The van der Waals surface area contributed by atoms with Gasteiger partial charge in [-0.1, -0.05) is 25.4 Å². The summed E-state index contributed by atoms with van der Waals surface area (Å²) in [6.07, 6.45) is 0.262. The lowest BCUT2D eigenvalue weighted by Crippen LogP contribution is -2.47. The monoisotopic (exact) mass is 612 g/mol. The Bertz CT molecular complexity index is 1330. The van der Waals surface area contributed by atoms with Crippen LogP contribution in [0.15, 0.2) is 12.3 Å². The molecule has 2 heterocycles. The molecule has 2 aromatic rings. The highest BCUT2D eigenvalue weighted by molar-refractivity contribution is 7.91. The first-order chi connectivity index (χ1) is 18.5. The molecule has 224 valence electrons. The fraction of sp³-hybridized carbons (Fsp3) is 0.640. The number of aromatic nitrogens is 3. The fourth-order valence-electron chi connectivity index (χ4n) is 4.62. The van der Waals surface area contributed by atoms with Crippen molar-refractivity contribution in [2.45, 2.75) is 83.3 Å². The van der Waals surface area contributed by atoms with Crippen molar-refractivity contribution in [1.29, 1.82) is 0 Å². The minimum atomic E-state index is -3.24. The van der Waals surface area contributed by atoms with Gasteiger partial charge >= 0.3 is 6.61 Å². The summed E-state index contributed by atoms with van der Waals surface area (Å²) in [6, 6.07) is 1.14. The van der Waals surface area contributed by atoms with Crippen molar-refractivity contribution in [3.05, 3.63) is 28.7 Å². The van der Waals surface area contributed by atoms with Crippen molar-refractivity contribution in [2.24, 2.45) is 5.41 Å². The minimum absolute atomic E-state index is 0.0185. The molecule has 9 nitrogen and oxygen atoms in total. The van der Waals surface area contributed by atoms with Gasteiger partial charge in [-0.25, -0.2) is 17.2 Å². The molecule has 15 heteroatoms. The van der Waals surface area contributed by atoms with Crippen molar-refractivity contribution >= 4 is 27.3 Å². The van der Waals surface area contributed by atoms with E-state index in [1.54, 1.807) is 6.92 Å². The molecule has 0 unspecified atom stereocenters. The van der Waals surface area contributed by atoms with Crippen molar-refractivity contribution in [3.63, 3.8) is 0 Å². The van der Waals surface area contributed by atoms with E-state index in [0.717, 1.165) is 18.5 Å². The number of nitrogens with one attached hydrogen (secondary N) is 1. The standard InChI is InChI=1S/C25H33ClF4N4O5S/c1-5-34-20(16-12-31-14(10-17(16)39-23(29)30)11-24(2,3)22(27)28)18(26)19(33-34)21(35)32-13-25(36)8-6-15(7-9-25)40(4,37)38/h10,12,15,22-23,36H,5-9,11,13H2,1-4H3,(H,32,35). The smallest absolute Gasteiger partial charge is 0.387 e. The second-order valence-corrected chi connectivity index (χ2v) is 13.5. The van der Waals surface area contributed by atoms with Gasteiger partial charge in [0.25, 0.3) is 5.91 Å². The molecule has 0 spiro atoms. The van der Waals surface area contributed by atoms with E-state index >= 15 is 0 Å². The van der Waals surface area contributed by atoms with Crippen LogP contribution in [-0.4, -0.2) is 70.9 Å². The molecule has 2 aromatic heterocycles. The first-order valence-electron chi connectivity index (χ1n) is 12.7. The van der Waals surface area contributed by atoms with Crippen molar-refractivity contribution < 1.29 is 40.6 Å². The average molecular weight is 613 g/mol. The van der Waals surface area contributed by atoms with Gasteiger partial charge in [-0.15, -0.1) is 0 Å². The van der Waals surface area contributed by atoms with Crippen molar-refractivity contribution in [1.82, 2.24) is 20.1 Å². The lowest BCUT2D eigenvalue weighted by atomic mass is 9.84. The number of ether oxygens (including phenoxy) is 1. The first-order valence-corrected chi connectivity index (χ1v) is 15.0. The molecule has 1 amide bonds. The third-order valence-corrected chi connectivity index (χ3v) is 9.12. The normalized spacial score (nSPS) is 20.2. The third-order valence-electron chi connectivity index (χ3n) is 7.08. The number of hydrogen-bond acceptors (Lipinski definition) is 7. The van der Waals surface area contributed by atoms with Gasteiger partial charge in [-0.3, -0.25) is 14.5 Å². The van der Waals surface area contributed by atoms with E-state index in [-0.39, 0.29) is 78.6 Å². The minimum Gasteiger partial charge on any atom is -0.434 e. The molecule has 0 saturated heterocycles. The van der Waals surface area contributed by atoms with Crippen LogP contribution in [0.25, 0.3) is 11.3 Å². The number of carbonyl (C=O) groups excluding carboxylic acids is 1. The number of hydrogen-bond donors (Lipinski definition) is 2. The van der Waals surface area contributed by atoms with Crippen LogP contribution in [0.4, 0.5) is 17.6 Å². The Kier molecular flexibility index (Phi) is 9.78. The molecule has 0 atom stereocenters. The van der Waals surface area contributed by atoms with E-state index in [9.17, 15) is 35.9 Å². The van der Waals surface area contributed by atoms with E-state index < -0.39 is 45.0 Å². The van der Waals surface area contributed by atoms with Crippen LogP contribution in [0.3, 0.4) is 0 Å². The van der Waals surface area contributed by atoms with Crippen LogP contribution in [0.2, 0.25) is 5.02 Å². The number of pyridine rings is 1. The number of alkyl halides is 4. The number of sulfone groups is 1. The second kappa shape index (κ2) is 12.2. The summed E-state index contributed by atoms with van der Waals surface area (Å²) in [7, 11) is -3.24. The molecule has 1 saturated carbocycles. The molecule has 1 aliphatic rings. The SMILES string of the molecule is CCn1nc(C(=O)NCC2(O)CCC(S(C)(=O)=O)CC2)c(Cl)c1-c1cnc(CC(C)(C)C(F)F)cc1OC(F)F. The Morgan fingerprint density at radius 3 is 2.45 bits per heavy atom. The average Bonchev–Trinajstić information content (AvgIpc) is 3.18. The van der Waals surface area contributed by atoms with Gasteiger partial charge < -0.3 is 15.2 Å². The summed E-state index contributed by atoms with van der Waals surface area (Å²) in [5.74, 6) is -1.11. The van der Waals surface area contributed by atoms with E-state index in [1.165, 1.54) is 18.5 Å². The zero-order chi connectivity index (χ0) is 30.0. The summed E-state index contributed by atoms with van der Waals surface area (Å²) in [4.78, 5) is 17.2. The molecule has 0 aliphatic heterocycles. The van der Waals surface area contributed by atoms with Gasteiger partial charge in [0.2, 0.25) is 6.43 Å². The summed E-state index contributed by atoms with van der Waals surface area (Å²) < 4.78 is 82.9. The van der Waals surface area contributed by atoms with Crippen LogP contribution < -0.4 is 10.1 Å². The molecular formula is C25H33ClF4N4O5S. The van der Waals surface area contributed by atoms with Gasteiger partial charge in [0.1, 0.15) is 15.6 Å². The fourth-order valence-corrected chi connectivity index (χ4v) is 6.04. The van der Waals surface area contributed by atoms with Gasteiger partial charge in [0.15, 0.2) is 5.69 Å². The Balaban J connectivity index is 1.87. The van der Waals surface area contributed by atoms with Crippen LogP contribution in [-0.2, 0) is 22.8 Å². The zero-order valence-electron chi connectivity index (χ0n) is 22.6. The Labute approximate surface area is 235 Å². The Morgan fingerprint density at radius 2 is 1.93 bits per heavy atom. The topological polar surface area (TPSA) is 123 Å². The Hall–Kier alpha value is -2.45. The van der Waals surface area contributed by atoms with E-state index in [2.05, 4.69) is 20.1 Å². The van der Waals surface area contributed by atoms with Crippen LogP contribution >= 0.6 is 11.6 Å². The summed E-state index contributed by atoms with van der Waals surface area (Å²) in [5, 5.41) is 16.9.